The fraction of sp³-hybridized carbons (Fsp3) is 0.333. The highest BCUT2D eigenvalue weighted by atomic mass is 19.1. The molecule has 0 saturated heterocycles. The second-order valence-corrected chi connectivity index (χ2v) is 5.06. The average molecular weight is 286 g/mol. The fourth-order valence-corrected chi connectivity index (χ4v) is 2.65. The van der Waals surface area contributed by atoms with Crippen LogP contribution in [-0.4, -0.2) is 13.1 Å². The summed E-state index contributed by atoms with van der Waals surface area (Å²) in [6.45, 7) is 8.05. The Kier molecular flexibility index (Phi) is 5.34. The van der Waals surface area contributed by atoms with Gasteiger partial charge in [-0.3, -0.25) is 0 Å². The van der Waals surface area contributed by atoms with Gasteiger partial charge in [-0.25, -0.2) is 4.39 Å². The lowest BCUT2D eigenvalue weighted by molar-refractivity contribution is 0.597. The van der Waals surface area contributed by atoms with E-state index in [-0.39, 0.29) is 11.9 Å². The summed E-state index contributed by atoms with van der Waals surface area (Å²) in [6.07, 6.45) is 0. The van der Waals surface area contributed by atoms with Crippen LogP contribution in [-0.2, 0) is 0 Å². The van der Waals surface area contributed by atoms with Crippen LogP contribution in [0.5, 0.6) is 0 Å². The number of halogens is 1. The first-order valence-electron chi connectivity index (χ1n) is 7.52. The van der Waals surface area contributed by atoms with E-state index in [2.05, 4.69) is 43.1 Å². The number of anilines is 2. The minimum atomic E-state index is -0.205. The molecule has 2 aromatic rings. The van der Waals surface area contributed by atoms with Crippen LogP contribution in [0.2, 0.25) is 0 Å². The number of hydrogen-bond acceptors (Lipinski definition) is 2. The van der Waals surface area contributed by atoms with E-state index in [9.17, 15) is 4.39 Å². The topological polar surface area (TPSA) is 15.3 Å². The molecule has 21 heavy (non-hydrogen) atoms. The van der Waals surface area contributed by atoms with E-state index in [0.29, 0.717) is 0 Å². The number of nitrogens with one attached hydrogen (secondary N) is 1. The van der Waals surface area contributed by atoms with E-state index in [1.165, 1.54) is 11.6 Å². The minimum absolute atomic E-state index is 0.205. The van der Waals surface area contributed by atoms with Gasteiger partial charge in [0.2, 0.25) is 0 Å². The Morgan fingerprint density at radius 3 is 2.52 bits per heavy atom. The number of para-hydroxylation sites is 1. The molecule has 0 amide bonds. The Balaban J connectivity index is 2.43. The third-order valence-electron chi connectivity index (χ3n) is 3.64. The highest BCUT2D eigenvalue weighted by Crippen LogP contribution is 2.32. The number of hydrogen-bond donors (Lipinski definition) is 1. The average Bonchev–Trinajstić information content (AvgIpc) is 2.49. The first-order valence-corrected chi connectivity index (χ1v) is 7.52. The Morgan fingerprint density at radius 1 is 1.10 bits per heavy atom. The zero-order valence-corrected chi connectivity index (χ0v) is 12.9. The predicted molar refractivity (Wildman–Crippen MR) is 87.6 cm³/mol. The van der Waals surface area contributed by atoms with Crippen molar-refractivity contribution in [3.63, 3.8) is 0 Å². The summed E-state index contributed by atoms with van der Waals surface area (Å²) < 4.78 is 13.5. The lowest BCUT2D eigenvalue weighted by Crippen LogP contribution is -2.23. The molecular formula is C18H23FN2. The normalized spacial score (nSPS) is 12.2. The molecule has 0 bridgehead atoms. The quantitative estimate of drug-likeness (QED) is 0.831. The van der Waals surface area contributed by atoms with Crippen LogP contribution in [0.4, 0.5) is 15.8 Å². The van der Waals surface area contributed by atoms with Crippen molar-refractivity contribution in [3.8, 4) is 0 Å². The molecular weight excluding hydrogens is 263 g/mol. The van der Waals surface area contributed by atoms with Gasteiger partial charge in [-0.1, -0.05) is 31.2 Å². The number of rotatable bonds is 6. The molecule has 1 unspecified atom stereocenters. The molecule has 0 aromatic heterocycles. The van der Waals surface area contributed by atoms with E-state index in [1.54, 1.807) is 12.1 Å². The van der Waals surface area contributed by atoms with Crippen molar-refractivity contribution in [1.82, 2.24) is 5.32 Å². The van der Waals surface area contributed by atoms with Gasteiger partial charge in [0.1, 0.15) is 5.82 Å². The molecule has 112 valence electrons. The molecule has 1 N–H and O–H groups in total. The summed E-state index contributed by atoms with van der Waals surface area (Å²) in [6, 6.07) is 15.3. The summed E-state index contributed by atoms with van der Waals surface area (Å²) >= 11 is 0. The van der Waals surface area contributed by atoms with Gasteiger partial charge in [0.25, 0.3) is 0 Å². The van der Waals surface area contributed by atoms with Crippen molar-refractivity contribution in [1.29, 1.82) is 0 Å². The molecule has 3 heteroatoms. The van der Waals surface area contributed by atoms with Gasteiger partial charge in [0.15, 0.2) is 0 Å². The van der Waals surface area contributed by atoms with Gasteiger partial charge < -0.3 is 10.2 Å². The molecule has 0 radical (unpaired) electrons. The monoisotopic (exact) mass is 286 g/mol. The van der Waals surface area contributed by atoms with E-state index in [1.807, 2.05) is 18.2 Å². The second-order valence-electron chi connectivity index (χ2n) is 5.06. The summed E-state index contributed by atoms with van der Waals surface area (Å²) in [5, 5.41) is 3.44. The highest BCUT2D eigenvalue weighted by Gasteiger charge is 2.15. The highest BCUT2D eigenvalue weighted by molar-refractivity contribution is 5.67. The van der Waals surface area contributed by atoms with Crippen molar-refractivity contribution in [2.75, 3.05) is 18.0 Å². The van der Waals surface area contributed by atoms with Crippen LogP contribution in [0.15, 0.2) is 48.5 Å². The molecule has 0 saturated carbocycles. The molecule has 0 aliphatic heterocycles. The van der Waals surface area contributed by atoms with Gasteiger partial charge in [0.05, 0.1) is 0 Å². The van der Waals surface area contributed by atoms with Crippen LogP contribution in [0.1, 0.15) is 32.4 Å². The Morgan fingerprint density at radius 2 is 1.86 bits per heavy atom. The van der Waals surface area contributed by atoms with E-state index in [4.69, 9.17) is 0 Å². The second kappa shape index (κ2) is 7.23. The van der Waals surface area contributed by atoms with Crippen molar-refractivity contribution in [2.45, 2.75) is 26.8 Å². The molecule has 1 atom stereocenters. The summed E-state index contributed by atoms with van der Waals surface area (Å²) in [4.78, 5) is 2.15. The first-order chi connectivity index (χ1) is 10.2. The molecule has 2 nitrogen and oxygen atoms in total. The van der Waals surface area contributed by atoms with Crippen LogP contribution in [0, 0.1) is 5.82 Å². The van der Waals surface area contributed by atoms with Crippen molar-refractivity contribution >= 4 is 11.4 Å². The standard InChI is InChI=1S/C18H23FN2/c1-4-20-14(3)17-11-6-7-12-18(17)21(5-2)16-10-8-9-15(19)13-16/h6-14,20H,4-5H2,1-3H3. The molecule has 2 rings (SSSR count). The SMILES string of the molecule is CCNC(C)c1ccccc1N(CC)c1cccc(F)c1. The smallest absolute Gasteiger partial charge is 0.125 e. The van der Waals surface area contributed by atoms with Gasteiger partial charge >= 0.3 is 0 Å². The van der Waals surface area contributed by atoms with Crippen LogP contribution < -0.4 is 10.2 Å². The van der Waals surface area contributed by atoms with Crippen molar-refractivity contribution in [3.05, 3.63) is 59.9 Å². The van der Waals surface area contributed by atoms with Crippen LogP contribution >= 0.6 is 0 Å². The molecule has 0 fully saturated rings. The van der Waals surface area contributed by atoms with Gasteiger partial charge in [-0.15, -0.1) is 0 Å². The summed E-state index contributed by atoms with van der Waals surface area (Å²) in [7, 11) is 0. The third kappa shape index (κ3) is 3.61. The largest absolute Gasteiger partial charge is 0.341 e. The zero-order chi connectivity index (χ0) is 15.2. The van der Waals surface area contributed by atoms with Crippen molar-refractivity contribution < 1.29 is 4.39 Å². The van der Waals surface area contributed by atoms with Crippen LogP contribution in [0.3, 0.4) is 0 Å². The zero-order valence-electron chi connectivity index (χ0n) is 12.9. The van der Waals surface area contributed by atoms with Crippen molar-refractivity contribution in [2.24, 2.45) is 0 Å². The Bertz CT molecular complexity index is 583. The van der Waals surface area contributed by atoms with E-state index in [0.717, 1.165) is 24.5 Å². The lowest BCUT2D eigenvalue weighted by atomic mass is 10.0. The third-order valence-corrected chi connectivity index (χ3v) is 3.64. The maximum absolute atomic E-state index is 13.5. The predicted octanol–water partition coefficient (Wildman–Crippen LogP) is 4.65. The van der Waals surface area contributed by atoms with Gasteiger partial charge in [-0.05, 0) is 50.2 Å². The molecule has 0 spiro atoms. The minimum Gasteiger partial charge on any atom is -0.341 e. The molecule has 2 aromatic carbocycles. The Labute approximate surface area is 126 Å². The fourth-order valence-electron chi connectivity index (χ4n) is 2.65. The maximum Gasteiger partial charge on any atom is 0.125 e. The number of benzene rings is 2. The van der Waals surface area contributed by atoms with Crippen LogP contribution in [0.25, 0.3) is 0 Å². The molecule has 0 heterocycles. The van der Waals surface area contributed by atoms with Gasteiger partial charge in [0, 0.05) is 24.0 Å². The molecule has 0 aliphatic carbocycles. The Hall–Kier alpha value is -1.87. The van der Waals surface area contributed by atoms with E-state index >= 15 is 0 Å². The maximum atomic E-state index is 13.5. The molecule has 0 aliphatic rings. The number of nitrogens with zero attached hydrogens (tertiary/aromatic N) is 1. The summed E-state index contributed by atoms with van der Waals surface area (Å²) in [5.41, 5.74) is 3.23. The van der Waals surface area contributed by atoms with E-state index < -0.39 is 0 Å². The first kappa shape index (κ1) is 15.5. The van der Waals surface area contributed by atoms with Gasteiger partial charge in [-0.2, -0.15) is 0 Å². The lowest BCUT2D eigenvalue weighted by Gasteiger charge is -2.28. The summed E-state index contributed by atoms with van der Waals surface area (Å²) in [5.74, 6) is -0.205.